The van der Waals surface area contributed by atoms with E-state index in [1.54, 1.807) is 7.11 Å². The summed E-state index contributed by atoms with van der Waals surface area (Å²) < 4.78 is 34.1. The van der Waals surface area contributed by atoms with Crippen molar-refractivity contribution in [3.63, 3.8) is 0 Å². The van der Waals surface area contributed by atoms with E-state index < -0.39 is 10.2 Å². The third-order valence-corrected chi connectivity index (χ3v) is 6.09. The van der Waals surface area contributed by atoms with Crippen LogP contribution in [-0.4, -0.2) is 27.1 Å². The van der Waals surface area contributed by atoms with Crippen molar-refractivity contribution in [3.8, 4) is 5.88 Å². The van der Waals surface area contributed by atoms with Crippen molar-refractivity contribution in [3.05, 3.63) is 47.2 Å². The van der Waals surface area contributed by atoms with Crippen LogP contribution in [0.3, 0.4) is 0 Å². The number of benzene rings is 1. The molecule has 0 saturated carbocycles. The zero-order chi connectivity index (χ0) is 17.5. The molecular formula is C17H21N3O3S. The number of hydrogen-bond donors (Lipinski definition) is 0. The van der Waals surface area contributed by atoms with Gasteiger partial charge in [0.05, 0.1) is 25.0 Å². The Morgan fingerprint density at radius 1 is 1.12 bits per heavy atom. The second kappa shape index (κ2) is 5.98. The zero-order valence-corrected chi connectivity index (χ0v) is 15.1. The molecule has 0 unspecified atom stereocenters. The van der Waals surface area contributed by atoms with Gasteiger partial charge in [0.2, 0.25) is 5.88 Å². The van der Waals surface area contributed by atoms with E-state index in [0.717, 1.165) is 16.8 Å². The van der Waals surface area contributed by atoms with Gasteiger partial charge in [0.15, 0.2) is 0 Å². The number of fused-ring (bicyclic) bond motifs is 1. The molecule has 128 valence electrons. The van der Waals surface area contributed by atoms with Gasteiger partial charge in [-0.3, -0.25) is 4.31 Å². The highest BCUT2D eigenvalue weighted by Gasteiger charge is 2.39. The maximum absolute atomic E-state index is 13.0. The number of ether oxygens (including phenoxy) is 1. The summed E-state index contributed by atoms with van der Waals surface area (Å²) in [5.41, 5.74) is 3.97. The van der Waals surface area contributed by atoms with Crippen molar-refractivity contribution < 1.29 is 13.2 Å². The highest BCUT2D eigenvalue weighted by molar-refractivity contribution is 7.94. The van der Waals surface area contributed by atoms with Crippen LogP contribution in [0.15, 0.2) is 30.3 Å². The molecule has 0 radical (unpaired) electrons. The fraction of sp³-hybridized carbons (Fsp3) is 0.353. The third kappa shape index (κ3) is 2.49. The molecule has 0 N–H and O–H groups in total. The first-order valence-electron chi connectivity index (χ1n) is 7.80. The fourth-order valence-corrected chi connectivity index (χ4v) is 4.75. The molecule has 3 rings (SSSR count). The smallest absolute Gasteiger partial charge is 0.326 e. The van der Waals surface area contributed by atoms with Gasteiger partial charge in [-0.1, -0.05) is 12.1 Å². The van der Waals surface area contributed by atoms with Crippen molar-refractivity contribution in [2.75, 3.05) is 22.3 Å². The van der Waals surface area contributed by atoms with Gasteiger partial charge in [0.25, 0.3) is 0 Å². The van der Waals surface area contributed by atoms with E-state index >= 15 is 0 Å². The maximum Gasteiger partial charge on any atom is 0.326 e. The Bertz CT molecular complexity index is 881. The van der Waals surface area contributed by atoms with E-state index in [0.29, 0.717) is 23.8 Å². The Balaban J connectivity index is 2.11. The van der Waals surface area contributed by atoms with Crippen LogP contribution in [0, 0.1) is 13.8 Å². The van der Waals surface area contributed by atoms with E-state index in [1.807, 2.05) is 51.1 Å². The molecule has 0 amide bonds. The molecule has 1 aromatic carbocycles. The monoisotopic (exact) mass is 347 g/mol. The van der Waals surface area contributed by atoms with Crippen molar-refractivity contribution >= 4 is 21.6 Å². The fourth-order valence-electron chi connectivity index (χ4n) is 3.09. The molecule has 7 heteroatoms. The van der Waals surface area contributed by atoms with E-state index in [-0.39, 0.29) is 6.54 Å². The summed E-state index contributed by atoms with van der Waals surface area (Å²) in [7, 11) is -2.05. The summed E-state index contributed by atoms with van der Waals surface area (Å²) in [5.74, 6) is 0.468. The Hall–Kier alpha value is -2.28. The van der Waals surface area contributed by atoms with E-state index in [9.17, 15) is 8.42 Å². The quantitative estimate of drug-likeness (QED) is 0.853. The largest absolute Gasteiger partial charge is 0.481 e. The van der Waals surface area contributed by atoms with Crippen LogP contribution >= 0.6 is 0 Å². The molecule has 1 aromatic heterocycles. The Morgan fingerprint density at radius 2 is 1.75 bits per heavy atom. The summed E-state index contributed by atoms with van der Waals surface area (Å²) in [5, 5.41) is 0. The van der Waals surface area contributed by atoms with Gasteiger partial charge < -0.3 is 4.74 Å². The van der Waals surface area contributed by atoms with Crippen LogP contribution < -0.4 is 13.3 Å². The molecule has 1 aliphatic rings. The lowest BCUT2D eigenvalue weighted by atomic mass is 10.1. The van der Waals surface area contributed by atoms with Gasteiger partial charge in [-0.2, -0.15) is 8.42 Å². The lowest BCUT2D eigenvalue weighted by Gasteiger charge is -2.22. The summed E-state index contributed by atoms with van der Waals surface area (Å²) in [6.45, 7) is 6.24. The molecule has 0 bridgehead atoms. The van der Waals surface area contributed by atoms with Crippen molar-refractivity contribution in [1.29, 1.82) is 0 Å². The van der Waals surface area contributed by atoms with Gasteiger partial charge >= 0.3 is 10.2 Å². The number of pyridine rings is 1. The summed E-state index contributed by atoms with van der Waals surface area (Å²) in [6.07, 6.45) is 0. The molecule has 2 heterocycles. The minimum Gasteiger partial charge on any atom is -0.481 e. The Morgan fingerprint density at radius 3 is 2.33 bits per heavy atom. The first-order valence-corrected chi connectivity index (χ1v) is 9.20. The number of methoxy groups -OCH3 is 1. The summed E-state index contributed by atoms with van der Waals surface area (Å²) >= 11 is 0. The van der Waals surface area contributed by atoms with Crippen molar-refractivity contribution in [2.45, 2.75) is 27.3 Å². The van der Waals surface area contributed by atoms with Crippen LogP contribution in [0.2, 0.25) is 0 Å². The van der Waals surface area contributed by atoms with Gasteiger partial charge in [0.1, 0.15) is 0 Å². The Kier molecular flexibility index (Phi) is 4.13. The molecule has 0 spiro atoms. The first-order chi connectivity index (χ1) is 11.4. The normalized spacial score (nSPS) is 15.5. The molecule has 1 aliphatic heterocycles. The Labute approximate surface area is 142 Å². The minimum atomic E-state index is -3.60. The van der Waals surface area contributed by atoms with Crippen LogP contribution in [-0.2, 0) is 16.8 Å². The standard InChI is InChI=1S/C17H21N3O3S/c1-5-19-15-8-6-7-9-16(15)20(24(19,21)22)11-14-12(2)10-13(3)18-17(14)23-4/h6-10H,5,11H2,1-4H3. The predicted molar refractivity (Wildman–Crippen MR) is 94.8 cm³/mol. The van der Waals surface area contributed by atoms with Gasteiger partial charge in [-0.25, -0.2) is 9.29 Å². The van der Waals surface area contributed by atoms with Crippen LogP contribution in [0.5, 0.6) is 5.88 Å². The number of hydrogen-bond acceptors (Lipinski definition) is 4. The van der Waals surface area contributed by atoms with Gasteiger partial charge in [0, 0.05) is 17.8 Å². The minimum absolute atomic E-state index is 0.193. The van der Waals surface area contributed by atoms with E-state index in [4.69, 9.17) is 4.74 Å². The molecule has 0 atom stereocenters. The maximum atomic E-state index is 13.0. The molecular weight excluding hydrogens is 326 g/mol. The molecule has 0 aliphatic carbocycles. The highest BCUT2D eigenvalue weighted by Crippen LogP contribution is 2.42. The van der Waals surface area contributed by atoms with Crippen LogP contribution in [0.1, 0.15) is 23.7 Å². The number of rotatable bonds is 4. The average Bonchev–Trinajstić information content (AvgIpc) is 2.75. The second-order valence-electron chi connectivity index (χ2n) is 5.74. The number of nitrogens with zero attached hydrogens (tertiary/aromatic N) is 3. The lowest BCUT2D eigenvalue weighted by molar-refractivity contribution is 0.391. The number of aryl methyl sites for hydroxylation is 2. The number of para-hydroxylation sites is 2. The summed E-state index contributed by atoms with van der Waals surface area (Å²) in [6, 6.07) is 9.28. The average molecular weight is 347 g/mol. The molecule has 2 aromatic rings. The first kappa shape index (κ1) is 16.6. The molecule has 0 fully saturated rings. The number of anilines is 2. The van der Waals surface area contributed by atoms with Gasteiger partial charge in [-0.05, 0) is 44.5 Å². The summed E-state index contributed by atoms with van der Waals surface area (Å²) in [4.78, 5) is 4.38. The third-order valence-electron chi connectivity index (χ3n) is 4.20. The van der Waals surface area contributed by atoms with Crippen molar-refractivity contribution in [1.82, 2.24) is 4.98 Å². The number of aromatic nitrogens is 1. The SMILES string of the molecule is CCN1c2ccccc2N(Cc2c(C)cc(C)nc2OC)S1(=O)=O. The van der Waals surface area contributed by atoms with Crippen molar-refractivity contribution in [2.24, 2.45) is 0 Å². The van der Waals surface area contributed by atoms with Crippen LogP contribution in [0.25, 0.3) is 0 Å². The topological polar surface area (TPSA) is 62.7 Å². The molecule has 24 heavy (non-hydrogen) atoms. The molecule has 0 saturated heterocycles. The predicted octanol–water partition coefficient (Wildman–Crippen LogP) is 2.80. The van der Waals surface area contributed by atoms with Gasteiger partial charge in [-0.15, -0.1) is 0 Å². The van der Waals surface area contributed by atoms with E-state index in [1.165, 1.54) is 8.61 Å². The zero-order valence-electron chi connectivity index (χ0n) is 14.3. The highest BCUT2D eigenvalue weighted by atomic mass is 32.2. The second-order valence-corrected chi connectivity index (χ2v) is 7.51. The van der Waals surface area contributed by atoms with Crippen LogP contribution in [0.4, 0.5) is 11.4 Å². The lowest BCUT2D eigenvalue weighted by Crippen LogP contribution is -2.37. The van der Waals surface area contributed by atoms with E-state index in [2.05, 4.69) is 4.98 Å². The molecule has 6 nitrogen and oxygen atoms in total.